The van der Waals surface area contributed by atoms with Gasteiger partial charge >= 0.3 is 5.97 Å². The second kappa shape index (κ2) is 7.46. The van der Waals surface area contributed by atoms with Crippen molar-refractivity contribution in [2.75, 3.05) is 0 Å². The molecule has 0 aliphatic heterocycles. The number of carboxylic acids is 1. The number of halogens is 2. The van der Waals surface area contributed by atoms with E-state index in [4.69, 9.17) is 11.6 Å². The molecule has 156 valence electrons. The van der Waals surface area contributed by atoms with Crippen LogP contribution in [0.4, 0.5) is 4.39 Å². The van der Waals surface area contributed by atoms with Gasteiger partial charge in [-0.3, -0.25) is 4.79 Å². The third kappa shape index (κ3) is 3.43. The average Bonchev–Trinajstić information content (AvgIpc) is 3.04. The van der Waals surface area contributed by atoms with Crippen LogP contribution in [0.1, 0.15) is 18.4 Å². The van der Waals surface area contributed by atoms with Crippen LogP contribution in [0.5, 0.6) is 0 Å². The van der Waals surface area contributed by atoms with Gasteiger partial charge in [-0.1, -0.05) is 48.9 Å². The first-order valence-corrected chi connectivity index (χ1v) is 11.7. The molecule has 0 amide bonds. The Labute approximate surface area is 182 Å². The quantitative estimate of drug-likeness (QED) is 0.550. The number of aliphatic carboxylic acids is 1. The number of benzene rings is 2. The Morgan fingerprint density at radius 3 is 2.50 bits per heavy atom. The van der Waals surface area contributed by atoms with E-state index < -0.39 is 39.2 Å². The van der Waals surface area contributed by atoms with E-state index in [-0.39, 0.29) is 14.8 Å². The van der Waals surface area contributed by atoms with Crippen LogP contribution in [0, 0.1) is 11.7 Å². The number of hydrogen-bond acceptors (Lipinski definition) is 4. The molecule has 1 fully saturated rings. The van der Waals surface area contributed by atoms with Crippen molar-refractivity contribution in [3.63, 3.8) is 0 Å². The molecule has 3 atom stereocenters. The fraction of sp³-hybridized carbons (Fsp3) is 0.190. The molecule has 9 heteroatoms. The van der Waals surface area contributed by atoms with Gasteiger partial charge in [-0.25, -0.2) is 12.8 Å². The molecule has 30 heavy (non-hydrogen) atoms. The molecule has 1 aliphatic carbocycles. The lowest BCUT2D eigenvalue weighted by Gasteiger charge is -2.15. The molecule has 4 rings (SSSR count). The SMILES string of the molecule is C[C@@H]1[C@H](c2ccccc2)[C@]1(NS(=O)(=O)c1ccc(-c2ccc(Cl)cc2F)s1)C(=O)O. The van der Waals surface area contributed by atoms with Crippen LogP contribution in [0.2, 0.25) is 5.02 Å². The molecule has 3 aromatic rings. The second-order valence-corrected chi connectivity index (χ2v) is 10.6. The van der Waals surface area contributed by atoms with E-state index in [1.54, 1.807) is 31.2 Å². The number of carboxylic acid groups (broad SMARTS) is 1. The van der Waals surface area contributed by atoms with Crippen LogP contribution >= 0.6 is 22.9 Å². The second-order valence-electron chi connectivity index (χ2n) is 7.20. The van der Waals surface area contributed by atoms with E-state index in [1.807, 2.05) is 6.07 Å². The summed E-state index contributed by atoms with van der Waals surface area (Å²) in [4.78, 5) is 12.5. The average molecular weight is 466 g/mol. The van der Waals surface area contributed by atoms with Crippen molar-refractivity contribution in [1.29, 1.82) is 0 Å². The third-order valence-corrected chi connectivity index (χ3v) is 8.79. The molecule has 2 aromatic carbocycles. The van der Waals surface area contributed by atoms with Crippen molar-refractivity contribution in [2.24, 2.45) is 5.92 Å². The fourth-order valence-electron chi connectivity index (χ4n) is 3.87. The molecule has 0 unspecified atom stereocenters. The fourth-order valence-corrected chi connectivity index (χ4v) is 6.82. The third-order valence-electron chi connectivity index (χ3n) is 5.46. The van der Waals surface area contributed by atoms with Gasteiger partial charge < -0.3 is 5.11 Å². The molecule has 0 radical (unpaired) electrons. The highest BCUT2D eigenvalue weighted by molar-refractivity contribution is 7.91. The van der Waals surface area contributed by atoms with Crippen LogP contribution in [0.25, 0.3) is 10.4 Å². The van der Waals surface area contributed by atoms with Crippen molar-refractivity contribution in [3.05, 3.63) is 77.1 Å². The zero-order valence-corrected chi connectivity index (χ0v) is 18.1. The zero-order chi connectivity index (χ0) is 21.7. The molecule has 0 spiro atoms. The summed E-state index contributed by atoms with van der Waals surface area (Å²) < 4.78 is 42.6. The van der Waals surface area contributed by atoms with E-state index in [9.17, 15) is 22.7 Å². The predicted molar refractivity (Wildman–Crippen MR) is 114 cm³/mol. The van der Waals surface area contributed by atoms with E-state index >= 15 is 0 Å². The Hall–Kier alpha value is -2.26. The number of thiophene rings is 1. The monoisotopic (exact) mass is 465 g/mol. The van der Waals surface area contributed by atoms with E-state index in [2.05, 4.69) is 4.72 Å². The van der Waals surface area contributed by atoms with Crippen molar-refractivity contribution in [1.82, 2.24) is 4.72 Å². The van der Waals surface area contributed by atoms with Gasteiger partial charge in [0.1, 0.15) is 15.6 Å². The van der Waals surface area contributed by atoms with Crippen molar-refractivity contribution >= 4 is 38.9 Å². The van der Waals surface area contributed by atoms with Gasteiger partial charge in [0.2, 0.25) is 0 Å². The maximum atomic E-state index is 14.2. The van der Waals surface area contributed by atoms with Crippen molar-refractivity contribution in [3.8, 4) is 10.4 Å². The molecule has 1 aromatic heterocycles. The summed E-state index contributed by atoms with van der Waals surface area (Å²) >= 11 is 6.64. The van der Waals surface area contributed by atoms with Crippen LogP contribution in [0.15, 0.2) is 64.9 Å². The van der Waals surface area contributed by atoms with Gasteiger partial charge in [-0.15, -0.1) is 11.3 Å². The minimum atomic E-state index is -4.14. The normalized spacial score (nSPS) is 23.3. The van der Waals surface area contributed by atoms with Crippen LogP contribution < -0.4 is 4.72 Å². The Kier molecular flexibility index (Phi) is 5.22. The van der Waals surface area contributed by atoms with Gasteiger partial charge in [-0.2, -0.15) is 4.72 Å². The molecule has 0 bridgehead atoms. The van der Waals surface area contributed by atoms with Gasteiger partial charge in [0, 0.05) is 21.4 Å². The molecule has 5 nitrogen and oxygen atoms in total. The summed E-state index contributed by atoms with van der Waals surface area (Å²) in [5.41, 5.74) is -0.651. The summed E-state index contributed by atoms with van der Waals surface area (Å²) in [5.74, 6) is -2.71. The maximum Gasteiger partial charge on any atom is 0.325 e. The Morgan fingerprint density at radius 2 is 1.87 bits per heavy atom. The Balaban J connectivity index is 1.66. The highest BCUT2D eigenvalue weighted by Crippen LogP contribution is 2.58. The molecule has 1 aliphatic rings. The highest BCUT2D eigenvalue weighted by Gasteiger charge is 2.70. The van der Waals surface area contributed by atoms with E-state index in [1.165, 1.54) is 24.3 Å². The minimum absolute atomic E-state index is 0.0848. The largest absolute Gasteiger partial charge is 0.480 e. The van der Waals surface area contributed by atoms with Crippen molar-refractivity contribution < 1.29 is 22.7 Å². The smallest absolute Gasteiger partial charge is 0.325 e. The highest BCUT2D eigenvalue weighted by atomic mass is 35.5. The summed E-state index contributed by atoms with van der Waals surface area (Å²) in [6.07, 6.45) is 0. The summed E-state index contributed by atoms with van der Waals surface area (Å²) in [7, 11) is -4.14. The first-order valence-electron chi connectivity index (χ1n) is 9.04. The lowest BCUT2D eigenvalue weighted by molar-refractivity contribution is -0.140. The molecule has 0 saturated heterocycles. The number of rotatable bonds is 6. The topological polar surface area (TPSA) is 83.5 Å². The minimum Gasteiger partial charge on any atom is -0.480 e. The zero-order valence-electron chi connectivity index (χ0n) is 15.7. The molecule has 2 N–H and O–H groups in total. The van der Waals surface area contributed by atoms with Crippen LogP contribution in [0.3, 0.4) is 0 Å². The number of carbonyl (C=O) groups is 1. The van der Waals surface area contributed by atoms with Gasteiger partial charge in [0.25, 0.3) is 10.0 Å². The summed E-state index contributed by atoms with van der Waals surface area (Å²) in [6, 6.07) is 15.9. The van der Waals surface area contributed by atoms with E-state index in [0.29, 0.717) is 4.88 Å². The molecule has 1 saturated carbocycles. The number of hydrogen-bond donors (Lipinski definition) is 2. The molecular weight excluding hydrogens is 449 g/mol. The van der Waals surface area contributed by atoms with Crippen LogP contribution in [-0.4, -0.2) is 25.0 Å². The molecular formula is C21H17ClFNO4S2. The lowest BCUT2D eigenvalue weighted by Crippen LogP contribution is -2.45. The number of nitrogens with one attached hydrogen (secondary N) is 1. The predicted octanol–water partition coefficient (Wildman–Crippen LogP) is 4.74. The van der Waals surface area contributed by atoms with Gasteiger partial charge in [-0.05, 0) is 41.8 Å². The van der Waals surface area contributed by atoms with Gasteiger partial charge in [0.05, 0.1) is 0 Å². The first-order chi connectivity index (χ1) is 14.2. The summed E-state index contributed by atoms with van der Waals surface area (Å²) in [6.45, 7) is 1.71. The Morgan fingerprint density at radius 1 is 1.17 bits per heavy atom. The van der Waals surface area contributed by atoms with Crippen molar-refractivity contribution in [2.45, 2.75) is 22.6 Å². The maximum absolute atomic E-state index is 14.2. The van der Waals surface area contributed by atoms with Gasteiger partial charge in [0.15, 0.2) is 0 Å². The lowest BCUT2D eigenvalue weighted by atomic mass is 10.1. The van der Waals surface area contributed by atoms with E-state index in [0.717, 1.165) is 23.0 Å². The Bertz CT molecular complexity index is 1230. The standard InChI is InChI=1S/C21H17ClFNO4S2/c1-12-19(13-5-3-2-4-6-13)21(12,20(25)26)24-30(27,28)18-10-9-17(29-18)15-8-7-14(22)11-16(15)23/h2-12,19,24H,1H3,(H,25,26)/t12-,19-,21+/m1/s1. The first kappa shape index (κ1) is 21.0. The summed E-state index contributed by atoms with van der Waals surface area (Å²) in [5, 5.41) is 10.1. The molecule has 1 heterocycles. The van der Waals surface area contributed by atoms with Crippen LogP contribution in [-0.2, 0) is 14.8 Å². The number of sulfonamides is 1.